The van der Waals surface area contributed by atoms with Crippen molar-refractivity contribution in [2.75, 3.05) is 19.8 Å². The molecule has 1 unspecified atom stereocenters. The predicted molar refractivity (Wildman–Crippen MR) is 57.8 cm³/mol. The largest absolute Gasteiger partial charge is 0.455 e. The Bertz CT molecular complexity index is 301. The molecular weight excluding hydrogens is 248 g/mol. The second-order valence-electron chi connectivity index (χ2n) is 3.96. The SMILES string of the molecule is C=C(C)C(=O)OC(CO)C(CO)(CO)C(O)(O)O. The lowest BCUT2D eigenvalue weighted by molar-refractivity contribution is -0.401. The number of aliphatic hydroxyl groups excluding tert-OH is 3. The summed E-state index contributed by atoms with van der Waals surface area (Å²) in [6.07, 6.45) is -1.74. The van der Waals surface area contributed by atoms with Gasteiger partial charge in [0, 0.05) is 5.57 Å². The molecule has 0 aliphatic carbocycles. The topological polar surface area (TPSA) is 148 Å². The number of rotatable bonds is 7. The molecule has 0 saturated heterocycles. The van der Waals surface area contributed by atoms with Gasteiger partial charge in [0.2, 0.25) is 0 Å². The molecule has 6 N–H and O–H groups in total. The van der Waals surface area contributed by atoms with Crippen LogP contribution in [-0.2, 0) is 9.53 Å². The molecule has 0 rings (SSSR count). The smallest absolute Gasteiger partial charge is 0.333 e. The monoisotopic (exact) mass is 266 g/mol. The standard InChI is InChI=1S/C10H18O8/c1-6(2)8(14)18-7(3-11)9(4-12,5-13)10(15,16)17/h7,11-13,15-17H,1,3-5H2,2H3. The van der Waals surface area contributed by atoms with Gasteiger partial charge in [-0.1, -0.05) is 6.58 Å². The quantitative estimate of drug-likeness (QED) is 0.163. The van der Waals surface area contributed by atoms with Gasteiger partial charge >= 0.3 is 5.97 Å². The van der Waals surface area contributed by atoms with Gasteiger partial charge < -0.3 is 35.4 Å². The van der Waals surface area contributed by atoms with Gasteiger partial charge in [-0.25, -0.2) is 4.79 Å². The van der Waals surface area contributed by atoms with Crippen LogP contribution in [0.2, 0.25) is 0 Å². The van der Waals surface area contributed by atoms with E-state index in [1.165, 1.54) is 6.92 Å². The molecule has 0 heterocycles. The van der Waals surface area contributed by atoms with Crippen molar-refractivity contribution in [3.05, 3.63) is 12.2 Å². The van der Waals surface area contributed by atoms with Crippen molar-refractivity contribution >= 4 is 5.97 Å². The zero-order chi connectivity index (χ0) is 14.6. The third-order valence-electron chi connectivity index (χ3n) is 2.61. The highest BCUT2D eigenvalue weighted by Crippen LogP contribution is 2.33. The maximum atomic E-state index is 11.3. The minimum absolute atomic E-state index is 0.0438. The summed E-state index contributed by atoms with van der Waals surface area (Å²) < 4.78 is 4.65. The van der Waals surface area contributed by atoms with Gasteiger partial charge in [-0.2, -0.15) is 0 Å². The number of carbonyl (C=O) groups excluding carboxylic acids is 1. The molecule has 106 valence electrons. The minimum atomic E-state index is -3.56. The lowest BCUT2D eigenvalue weighted by atomic mass is 9.80. The second kappa shape index (κ2) is 6.23. The molecule has 0 spiro atoms. The van der Waals surface area contributed by atoms with E-state index in [0.29, 0.717) is 0 Å². The molecule has 0 saturated carbocycles. The molecule has 1 atom stereocenters. The summed E-state index contributed by atoms with van der Waals surface area (Å²) in [5.41, 5.74) is -2.50. The maximum Gasteiger partial charge on any atom is 0.333 e. The first-order valence-corrected chi connectivity index (χ1v) is 5.02. The average Bonchev–Trinajstić information content (AvgIpc) is 2.27. The molecule has 8 heteroatoms. The van der Waals surface area contributed by atoms with Gasteiger partial charge in [-0.15, -0.1) is 0 Å². The highest BCUT2D eigenvalue weighted by Gasteiger charge is 2.56. The number of ether oxygens (including phenoxy) is 1. The van der Waals surface area contributed by atoms with E-state index in [-0.39, 0.29) is 5.57 Å². The van der Waals surface area contributed by atoms with Gasteiger partial charge in [0.05, 0.1) is 19.8 Å². The van der Waals surface area contributed by atoms with Crippen molar-refractivity contribution in [1.29, 1.82) is 0 Å². The molecular formula is C10H18O8. The summed E-state index contributed by atoms with van der Waals surface area (Å²) in [7, 11) is 0. The van der Waals surface area contributed by atoms with Crippen LogP contribution in [0.1, 0.15) is 6.92 Å². The van der Waals surface area contributed by atoms with Crippen LogP contribution in [0.25, 0.3) is 0 Å². The molecule has 0 aliphatic rings. The summed E-state index contributed by atoms with van der Waals surface area (Å²) in [5, 5.41) is 54.7. The van der Waals surface area contributed by atoms with E-state index in [2.05, 4.69) is 11.3 Å². The van der Waals surface area contributed by atoms with Crippen molar-refractivity contribution in [2.24, 2.45) is 5.41 Å². The van der Waals surface area contributed by atoms with E-state index in [9.17, 15) is 4.79 Å². The van der Waals surface area contributed by atoms with E-state index in [1.807, 2.05) is 0 Å². The Morgan fingerprint density at radius 2 is 1.67 bits per heavy atom. The average molecular weight is 266 g/mol. The van der Waals surface area contributed by atoms with Gasteiger partial charge in [-0.3, -0.25) is 0 Å². The molecule has 8 nitrogen and oxygen atoms in total. The van der Waals surface area contributed by atoms with E-state index in [1.54, 1.807) is 0 Å². The minimum Gasteiger partial charge on any atom is -0.455 e. The van der Waals surface area contributed by atoms with Gasteiger partial charge in [0.1, 0.15) is 11.5 Å². The van der Waals surface area contributed by atoms with Crippen LogP contribution in [0, 0.1) is 5.41 Å². The number of hydrogen-bond acceptors (Lipinski definition) is 8. The Hall–Kier alpha value is -1.03. The summed E-state index contributed by atoms with van der Waals surface area (Å²) in [4.78, 5) is 11.3. The number of esters is 1. The normalized spacial score (nSPS) is 14.2. The zero-order valence-electron chi connectivity index (χ0n) is 9.91. The van der Waals surface area contributed by atoms with E-state index in [4.69, 9.17) is 30.6 Å². The number of aliphatic hydroxyl groups is 6. The molecule has 0 bridgehead atoms. The van der Waals surface area contributed by atoms with Crippen LogP contribution in [0.15, 0.2) is 12.2 Å². The molecule has 0 aromatic heterocycles. The Morgan fingerprint density at radius 3 is 1.89 bits per heavy atom. The number of carbonyl (C=O) groups is 1. The second-order valence-corrected chi connectivity index (χ2v) is 3.96. The first-order valence-electron chi connectivity index (χ1n) is 5.02. The fourth-order valence-corrected chi connectivity index (χ4v) is 1.24. The molecule has 0 amide bonds. The maximum absolute atomic E-state index is 11.3. The summed E-state index contributed by atoms with van der Waals surface area (Å²) >= 11 is 0. The van der Waals surface area contributed by atoms with Crippen LogP contribution < -0.4 is 0 Å². The van der Waals surface area contributed by atoms with Crippen molar-refractivity contribution in [1.82, 2.24) is 0 Å². The Morgan fingerprint density at radius 1 is 1.22 bits per heavy atom. The molecule has 0 radical (unpaired) electrons. The predicted octanol–water partition coefficient (Wildman–Crippen LogP) is -2.93. The van der Waals surface area contributed by atoms with Crippen molar-refractivity contribution in [2.45, 2.75) is 19.0 Å². The Kier molecular flexibility index (Phi) is 5.87. The van der Waals surface area contributed by atoms with Crippen LogP contribution in [-0.4, -0.2) is 68.5 Å². The molecule has 0 aromatic carbocycles. The van der Waals surface area contributed by atoms with Crippen LogP contribution >= 0.6 is 0 Å². The molecule has 0 aliphatic heterocycles. The summed E-state index contributed by atoms with van der Waals surface area (Å²) in [6, 6.07) is 0. The van der Waals surface area contributed by atoms with E-state index in [0.717, 1.165) is 0 Å². The highest BCUT2D eigenvalue weighted by atomic mass is 16.7. The summed E-state index contributed by atoms with van der Waals surface area (Å²) in [6.45, 7) is 1.32. The first-order chi connectivity index (χ1) is 8.16. The highest BCUT2D eigenvalue weighted by molar-refractivity contribution is 5.87. The lowest BCUT2D eigenvalue weighted by Crippen LogP contribution is -2.61. The Labute approximate surface area is 103 Å². The first kappa shape index (κ1) is 17.0. The van der Waals surface area contributed by atoms with Crippen molar-refractivity contribution < 1.29 is 40.2 Å². The Balaban J connectivity index is 5.31. The third kappa shape index (κ3) is 3.25. The van der Waals surface area contributed by atoms with Gasteiger partial charge in [0.15, 0.2) is 0 Å². The van der Waals surface area contributed by atoms with Crippen LogP contribution in [0.4, 0.5) is 0 Å². The fourth-order valence-electron chi connectivity index (χ4n) is 1.24. The molecule has 0 aromatic rings. The van der Waals surface area contributed by atoms with Gasteiger partial charge in [-0.05, 0) is 6.92 Å². The number of hydrogen-bond donors (Lipinski definition) is 6. The fraction of sp³-hybridized carbons (Fsp3) is 0.700. The van der Waals surface area contributed by atoms with E-state index < -0.39 is 43.3 Å². The molecule has 0 fully saturated rings. The third-order valence-corrected chi connectivity index (χ3v) is 2.61. The summed E-state index contributed by atoms with van der Waals surface area (Å²) in [5.74, 6) is -4.54. The van der Waals surface area contributed by atoms with Crippen molar-refractivity contribution in [3.63, 3.8) is 0 Å². The van der Waals surface area contributed by atoms with Gasteiger partial charge in [0.25, 0.3) is 5.97 Å². The zero-order valence-corrected chi connectivity index (χ0v) is 9.91. The molecule has 18 heavy (non-hydrogen) atoms. The van der Waals surface area contributed by atoms with E-state index >= 15 is 0 Å². The van der Waals surface area contributed by atoms with Crippen LogP contribution in [0.3, 0.4) is 0 Å². The lowest BCUT2D eigenvalue weighted by Gasteiger charge is -2.41. The van der Waals surface area contributed by atoms with Crippen molar-refractivity contribution in [3.8, 4) is 0 Å². The van der Waals surface area contributed by atoms with Crippen LogP contribution in [0.5, 0.6) is 0 Å².